The van der Waals surface area contributed by atoms with Crippen LogP contribution in [0.2, 0.25) is 5.02 Å². The summed E-state index contributed by atoms with van der Waals surface area (Å²) in [6.07, 6.45) is 0. The maximum atomic E-state index is 11.2. The van der Waals surface area contributed by atoms with Crippen molar-refractivity contribution in [2.45, 2.75) is 26.7 Å². The summed E-state index contributed by atoms with van der Waals surface area (Å²) in [5, 5.41) is 9.62. The van der Waals surface area contributed by atoms with Crippen molar-refractivity contribution in [1.29, 1.82) is 0 Å². The lowest BCUT2D eigenvalue weighted by atomic mass is 9.98. The summed E-state index contributed by atoms with van der Waals surface area (Å²) in [7, 11) is 0. The Morgan fingerprint density at radius 3 is 2.48 bits per heavy atom. The number of ether oxygens (including phenoxy) is 1. The third kappa shape index (κ3) is 3.56. The van der Waals surface area contributed by atoms with Gasteiger partial charge in [-0.1, -0.05) is 31.5 Å². The Bertz CT molecular complexity index is 678. The van der Waals surface area contributed by atoms with E-state index in [1.54, 1.807) is 0 Å². The van der Waals surface area contributed by atoms with Crippen LogP contribution in [0.1, 0.15) is 41.3 Å². The van der Waals surface area contributed by atoms with Crippen molar-refractivity contribution in [2.24, 2.45) is 0 Å². The molecule has 0 saturated carbocycles. The molecule has 0 amide bonds. The molecule has 3 nitrogen and oxygen atoms in total. The first-order valence-corrected chi connectivity index (χ1v) is 7.07. The number of hydrogen-bond donors (Lipinski definition) is 1. The van der Waals surface area contributed by atoms with Gasteiger partial charge in [-0.25, -0.2) is 4.79 Å². The van der Waals surface area contributed by atoms with E-state index in [1.165, 1.54) is 23.8 Å². The smallest absolute Gasteiger partial charge is 0.339 e. The molecule has 0 spiro atoms. The molecule has 0 bridgehead atoms. The highest BCUT2D eigenvalue weighted by atomic mass is 35.5. The maximum absolute atomic E-state index is 11.2. The number of carbonyl (C=O) groups is 1. The topological polar surface area (TPSA) is 46.5 Å². The molecule has 2 aromatic carbocycles. The molecule has 1 N–H and O–H groups in total. The monoisotopic (exact) mass is 304 g/mol. The molecule has 0 aliphatic carbocycles. The minimum atomic E-state index is -1.04. The van der Waals surface area contributed by atoms with Crippen LogP contribution in [0.25, 0.3) is 0 Å². The highest BCUT2D eigenvalue weighted by Crippen LogP contribution is 2.31. The summed E-state index contributed by atoms with van der Waals surface area (Å²) in [6, 6.07) is 10.2. The van der Waals surface area contributed by atoms with Gasteiger partial charge in [0.05, 0.1) is 0 Å². The summed E-state index contributed by atoms with van der Waals surface area (Å²) in [6.45, 7) is 6.27. The normalized spacial score (nSPS) is 10.7. The summed E-state index contributed by atoms with van der Waals surface area (Å²) in [5.41, 5.74) is 2.44. The van der Waals surface area contributed by atoms with Crippen LogP contribution in [0.15, 0.2) is 36.4 Å². The van der Waals surface area contributed by atoms with E-state index in [0.29, 0.717) is 16.7 Å². The van der Waals surface area contributed by atoms with Crippen molar-refractivity contribution in [3.8, 4) is 11.5 Å². The molecule has 0 aliphatic heterocycles. The number of aromatic carboxylic acids is 1. The third-order valence-corrected chi connectivity index (χ3v) is 3.50. The highest BCUT2D eigenvalue weighted by Gasteiger charge is 2.13. The first kappa shape index (κ1) is 15.4. The van der Waals surface area contributed by atoms with Crippen molar-refractivity contribution in [1.82, 2.24) is 0 Å². The van der Waals surface area contributed by atoms with E-state index >= 15 is 0 Å². The zero-order chi connectivity index (χ0) is 15.6. The number of rotatable bonds is 4. The molecule has 0 heterocycles. The minimum Gasteiger partial charge on any atom is -0.478 e. The van der Waals surface area contributed by atoms with Crippen molar-refractivity contribution in [3.63, 3.8) is 0 Å². The molecule has 0 radical (unpaired) electrons. The van der Waals surface area contributed by atoms with E-state index in [0.717, 1.165) is 5.56 Å². The van der Waals surface area contributed by atoms with Gasteiger partial charge in [-0.3, -0.25) is 0 Å². The van der Waals surface area contributed by atoms with Gasteiger partial charge in [0, 0.05) is 11.1 Å². The predicted octanol–water partition coefficient (Wildman–Crippen LogP) is 5.26. The Hall–Kier alpha value is -2.00. The van der Waals surface area contributed by atoms with Crippen LogP contribution in [0.4, 0.5) is 0 Å². The van der Waals surface area contributed by atoms with E-state index in [-0.39, 0.29) is 11.3 Å². The molecule has 0 atom stereocenters. The number of carboxylic acids is 1. The van der Waals surface area contributed by atoms with Crippen LogP contribution < -0.4 is 4.74 Å². The van der Waals surface area contributed by atoms with E-state index in [4.69, 9.17) is 16.3 Å². The summed E-state index contributed by atoms with van der Waals surface area (Å²) in [4.78, 5) is 11.2. The van der Waals surface area contributed by atoms with Crippen molar-refractivity contribution in [3.05, 3.63) is 58.1 Å². The number of carboxylic acid groups (broad SMARTS) is 1. The minimum absolute atomic E-state index is 0.0880. The van der Waals surface area contributed by atoms with Gasteiger partial charge in [-0.15, -0.1) is 0 Å². The second-order valence-electron chi connectivity index (χ2n) is 5.22. The molecule has 2 aromatic rings. The van der Waals surface area contributed by atoms with Crippen LogP contribution >= 0.6 is 11.6 Å². The molecule has 0 fully saturated rings. The Morgan fingerprint density at radius 2 is 1.90 bits per heavy atom. The zero-order valence-corrected chi connectivity index (χ0v) is 12.9. The molecule has 21 heavy (non-hydrogen) atoms. The van der Waals surface area contributed by atoms with Crippen LogP contribution in [0.3, 0.4) is 0 Å². The van der Waals surface area contributed by atoms with E-state index in [2.05, 4.69) is 13.8 Å². The van der Waals surface area contributed by atoms with E-state index in [1.807, 2.05) is 25.1 Å². The second-order valence-corrected chi connectivity index (χ2v) is 5.66. The SMILES string of the molecule is Cc1cc(Oc2cc(Cl)ccc2C(=O)O)ccc1C(C)C. The fourth-order valence-electron chi connectivity index (χ4n) is 2.24. The van der Waals surface area contributed by atoms with Crippen molar-refractivity contribution >= 4 is 17.6 Å². The average Bonchev–Trinajstić information content (AvgIpc) is 2.37. The van der Waals surface area contributed by atoms with Crippen LogP contribution in [-0.2, 0) is 0 Å². The van der Waals surface area contributed by atoms with Gasteiger partial charge in [0.1, 0.15) is 17.1 Å². The third-order valence-electron chi connectivity index (χ3n) is 3.27. The van der Waals surface area contributed by atoms with Gasteiger partial charge in [0.2, 0.25) is 0 Å². The number of aryl methyl sites for hydroxylation is 1. The molecule has 0 aliphatic rings. The lowest BCUT2D eigenvalue weighted by Gasteiger charge is -2.13. The highest BCUT2D eigenvalue weighted by molar-refractivity contribution is 6.30. The standard InChI is InChI=1S/C17H17ClO3/c1-10(2)14-7-5-13(8-11(14)3)21-16-9-12(18)4-6-15(16)17(19)20/h4-10H,1-3H3,(H,19,20). The van der Waals surface area contributed by atoms with Gasteiger partial charge < -0.3 is 9.84 Å². The molecule has 4 heteroatoms. The maximum Gasteiger partial charge on any atom is 0.339 e. The average molecular weight is 305 g/mol. The fraction of sp³-hybridized carbons (Fsp3) is 0.235. The van der Waals surface area contributed by atoms with Crippen LogP contribution in [0, 0.1) is 6.92 Å². The van der Waals surface area contributed by atoms with E-state index in [9.17, 15) is 9.90 Å². The Balaban J connectivity index is 2.36. The van der Waals surface area contributed by atoms with Gasteiger partial charge in [-0.05, 0) is 48.2 Å². The zero-order valence-electron chi connectivity index (χ0n) is 12.2. The molecule has 0 aromatic heterocycles. The summed E-state index contributed by atoms with van der Waals surface area (Å²) < 4.78 is 5.70. The largest absolute Gasteiger partial charge is 0.478 e. The van der Waals surface area contributed by atoms with Gasteiger partial charge in [-0.2, -0.15) is 0 Å². The number of hydrogen-bond acceptors (Lipinski definition) is 2. The summed E-state index contributed by atoms with van der Waals surface area (Å²) in [5.74, 6) is 0.227. The quantitative estimate of drug-likeness (QED) is 0.837. The lowest BCUT2D eigenvalue weighted by molar-refractivity contribution is 0.0694. The van der Waals surface area contributed by atoms with Crippen molar-refractivity contribution in [2.75, 3.05) is 0 Å². The molecular formula is C17H17ClO3. The van der Waals surface area contributed by atoms with E-state index < -0.39 is 5.97 Å². The van der Waals surface area contributed by atoms with Gasteiger partial charge >= 0.3 is 5.97 Å². The first-order valence-electron chi connectivity index (χ1n) is 6.69. The predicted molar refractivity (Wildman–Crippen MR) is 83.8 cm³/mol. The van der Waals surface area contributed by atoms with Crippen LogP contribution in [-0.4, -0.2) is 11.1 Å². The number of benzene rings is 2. The second kappa shape index (κ2) is 6.19. The molecule has 0 unspecified atom stereocenters. The van der Waals surface area contributed by atoms with Gasteiger partial charge in [0.25, 0.3) is 0 Å². The first-order chi connectivity index (χ1) is 9.88. The Labute approximate surface area is 129 Å². The van der Waals surface area contributed by atoms with Crippen molar-refractivity contribution < 1.29 is 14.6 Å². The molecular weight excluding hydrogens is 288 g/mol. The number of halogens is 1. The Morgan fingerprint density at radius 1 is 1.19 bits per heavy atom. The lowest BCUT2D eigenvalue weighted by Crippen LogP contribution is -2.00. The Kier molecular flexibility index (Phi) is 4.53. The molecule has 0 saturated heterocycles. The van der Waals surface area contributed by atoms with Crippen LogP contribution in [0.5, 0.6) is 11.5 Å². The molecule has 2 rings (SSSR count). The van der Waals surface area contributed by atoms with Gasteiger partial charge in [0.15, 0.2) is 0 Å². The molecule has 110 valence electrons. The summed E-state index contributed by atoms with van der Waals surface area (Å²) >= 11 is 5.91. The fourth-order valence-corrected chi connectivity index (χ4v) is 2.41.